The molecule has 0 aliphatic carbocycles. The fraction of sp³-hybridized carbons (Fsp3) is 0.125. The van der Waals surface area contributed by atoms with Crippen LogP contribution in [0.3, 0.4) is 0 Å². The molecule has 6 nitrogen and oxygen atoms in total. The Morgan fingerprint density at radius 3 is 2.77 bits per heavy atom. The molecule has 3 aromatic rings. The number of pyridine rings is 1. The number of nitriles is 1. The molecule has 0 saturated heterocycles. The average Bonchev–Trinajstić information content (AvgIpc) is 3.09. The van der Waals surface area contributed by atoms with E-state index in [-0.39, 0.29) is 0 Å². The van der Waals surface area contributed by atoms with E-state index < -0.39 is 5.92 Å². The zero-order chi connectivity index (χ0) is 15.2. The van der Waals surface area contributed by atoms with Crippen LogP contribution in [0.25, 0.3) is 0 Å². The van der Waals surface area contributed by atoms with Crippen molar-refractivity contribution in [2.75, 3.05) is 5.32 Å². The highest BCUT2D eigenvalue weighted by Gasteiger charge is 2.16. The van der Waals surface area contributed by atoms with Crippen LogP contribution >= 0.6 is 0 Å². The van der Waals surface area contributed by atoms with E-state index in [1.54, 1.807) is 24.7 Å². The van der Waals surface area contributed by atoms with Crippen molar-refractivity contribution in [1.82, 2.24) is 15.0 Å². The fourth-order valence-electron chi connectivity index (χ4n) is 2.03. The molecule has 0 radical (unpaired) electrons. The number of rotatable bonds is 5. The third-order valence-corrected chi connectivity index (χ3v) is 3.09. The molecular formula is C16H13N5O. The van der Waals surface area contributed by atoms with E-state index in [4.69, 9.17) is 4.42 Å². The minimum Gasteiger partial charge on any atom is -0.467 e. The van der Waals surface area contributed by atoms with Gasteiger partial charge in [-0.25, -0.2) is 9.97 Å². The zero-order valence-electron chi connectivity index (χ0n) is 11.7. The summed E-state index contributed by atoms with van der Waals surface area (Å²) in [6.45, 7) is 0.483. The SMILES string of the molecule is N#CC(c1ccccn1)c1ccnc(NCc2ccco2)n1. The summed E-state index contributed by atoms with van der Waals surface area (Å²) in [7, 11) is 0. The van der Waals surface area contributed by atoms with Crippen molar-refractivity contribution in [2.24, 2.45) is 0 Å². The van der Waals surface area contributed by atoms with Gasteiger partial charge in [-0.05, 0) is 30.3 Å². The Kier molecular flexibility index (Phi) is 4.07. The average molecular weight is 291 g/mol. The van der Waals surface area contributed by atoms with Crippen molar-refractivity contribution in [3.63, 3.8) is 0 Å². The third-order valence-electron chi connectivity index (χ3n) is 3.09. The number of hydrogen-bond donors (Lipinski definition) is 1. The monoisotopic (exact) mass is 291 g/mol. The van der Waals surface area contributed by atoms with Gasteiger partial charge >= 0.3 is 0 Å². The first-order valence-electron chi connectivity index (χ1n) is 6.76. The molecule has 0 amide bonds. The van der Waals surface area contributed by atoms with Gasteiger partial charge in [-0.2, -0.15) is 5.26 Å². The van der Waals surface area contributed by atoms with Gasteiger partial charge in [0.15, 0.2) is 0 Å². The minimum absolute atomic E-state index is 0.449. The summed E-state index contributed by atoms with van der Waals surface area (Å²) in [6.07, 6.45) is 4.90. The van der Waals surface area contributed by atoms with Crippen LogP contribution in [0.2, 0.25) is 0 Å². The predicted molar refractivity (Wildman–Crippen MR) is 79.8 cm³/mol. The van der Waals surface area contributed by atoms with Crippen molar-refractivity contribution in [3.8, 4) is 6.07 Å². The normalized spacial score (nSPS) is 11.6. The lowest BCUT2D eigenvalue weighted by atomic mass is 10.0. The van der Waals surface area contributed by atoms with Crippen LogP contribution in [0.1, 0.15) is 23.1 Å². The smallest absolute Gasteiger partial charge is 0.223 e. The molecule has 1 atom stereocenters. The number of anilines is 1. The Morgan fingerprint density at radius 1 is 1.09 bits per heavy atom. The lowest BCUT2D eigenvalue weighted by Crippen LogP contribution is -2.08. The molecule has 22 heavy (non-hydrogen) atoms. The van der Waals surface area contributed by atoms with Crippen LogP contribution in [-0.4, -0.2) is 15.0 Å². The summed E-state index contributed by atoms with van der Waals surface area (Å²) in [5.41, 5.74) is 1.28. The van der Waals surface area contributed by atoms with Crippen LogP contribution in [0.4, 0.5) is 5.95 Å². The maximum Gasteiger partial charge on any atom is 0.223 e. The molecule has 0 aliphatic rings. The van der Waals surface area contributed by atoms with E-state index in [9.17, 15) is 5.26 Å². The van der Waals surface area contributed by atoms with Crippen molar-refractivity contribution >= 4 is 5.95 Å². The number of aromatic nitrogens is 3. The van der Waals surface area contributed by atoms with Gasteiger partial charge in [0.2, 0.25) is 5.95 Å². The van der Waals surface area contributed by atoms with Gasteiger partial charge in [0.1, 0.15) is 11.7 Å². The standard InChI is InChI=1S/C16H13N5O/c17-10-13(14-5-1-2-7-18-14)15-6-8-19-16(21-15)20-11-12-4-3-9-22-12/h1-9,13H,11H2,(H,19,20,21). The van der Waals surface area contributed by atoms with Gasteiger partial charge in [-0.1, -0.05) is 6.07 Å². The number of furan rings is 1. The predicted octanol–water partition coefficient (Wildman–Crippen LogP) is 2.73. The second-order valence-electron chi connectivity index (χ2n) is 4.55. The van der Waals surface area contributed by atoms with Crippen molar-refractivity contribution < 1.29 is 4.42 Å². The first-order valence-corrected chi connectivity index (χ1v) is 6.76. The Bertz CT molecular complexity index is 765. The van der Waals surface area contributed by atoms with E-state index in [1.807, 2.05) is 30.3 Å². The molecule has 108 valence electrons. The van der Waals surface area contributed by atoms with Gasteiger partial charge in [-0.3, -0.25) is 4.98 Å². The van der Waals surface area contributed by atoms with Crippen LogP contribution < -0.4 is 5.32 Å². The van der Waals surface area contributed by atoms with Crippen LogP contribution in [0.5, 0.6) is 0 Å². The zero-order valence-corrected chi connectivity index (χ0v) is 11.7. The van der Waals surface area contributed by atoms with Gasteiger partial charge in [-0.15, -0.1) is 0 Å². The Morgan fingerprint density at radius 2 is 2.05 bits per heavy atom. The minimum atomic E-state index is -0.520. The van der Waals surface area contributed by atoms with Gasteiger partial charge in [0, 0.05) is 12.4 Å². The molecule has 0 aliphatic heterocycles. The number of hydrogen-bond acceptors (Lipinski definition) is 6. The highest BCUT2D eigenvalue weighted by atomic mass is 16.3. The number of nitrogens with one attached hydrogen (secondary N) is 1. The van der Waals surface area contributed by atoms with E-state index in [2.05, 4.69) is 26.3 Å². The van der Waals surface area contributed by atoms with Gasteiger partial charge < -0.3 is 9.73 Å². The largest absolute Gasteiger partial charge is 0.467 e. The fourth-order valence-corrected chi connectivity index (χ4v) is 2.03. The van der Waals surface area contributed by atoms with Crippen LogP contribution in [0, 0.1) is 11.3 Å². The molecule has 3 heterocycles. The summed E-state index contributed by atoms with van der Waals surface area (Å²) < 4.78 is 5.24. The van der Waals surface area contributed by atoms with E-state index >= 15 is 0 Å². The topological polar surface area (TPSA) is 87.6 Å². The highest BCUT2D eigenvalue weighted by Crippen LogP contribution is 2.20. The molecule has 1 N–H and O–H groups in total. The first-order chi connectivity index (χ1) is 10.9. The Balaban J connectivity index is 1.79. The van der Waals surface area contributed by atoms with Crippen molar-refractivity contribution in [2.45, 2.75) is 12.5 Å². The molecule has 0 spiro atoms. The molecule has 3 aromatic heterocycles. The molecule has 0 bridgehead atoms. The Labute approximate surface area is 127 Å². The van der Waals surface area contributed by atoms with Crippen LogP contribution in [-0.2, 0) is 6.54 Å². The van der Waals surface area contributed by atoms with E-state index in [1.165, 1.54) is 0 Å². The maximum atomic E-state index is 9.42. The van der Waals surface area contributed by atoms with Crippen molar-refractivity contribution in [3.05, 3.63) is 72.2 Å². The summed E-state index contributed by atoms with van der Waals surface area (Å²) in [5.74, 6) is 0.717. The molecule has 6 heteroatoms. The quantitative estimate of drug-likeness (QED) is 0.777. The molecule has 0 saturated carbocycles. The van der Waals surface area contributed by atoms with E-state index in [0.29, 0.717) is 23.9 Å². The highest BCUT2D eigenvalue weighted by molar-refractivity contribution is 5.34. The molecule has 1 unspecified atom stereocenters. The number of nitrogens with zero attached hydrogens (tertiary/aromatic N) is 4. The second-order valence-corrected chi connectivity index (χ2v) is 4.55. The van der Waals surface area contributed by atoms with Gasteiger partial charge in [0.05, 0.1) is 30.3 Å². The summed E-state index contributed by atoms with van der Waals surface area (Å²) in [6, 6.07) is 13.1. The third kappa shape index (κ3) is 3.10. The summed E-state index contributed by atoms with van der Waals surface area (Å²) >= 11 is 0. The van der Waals surface area contributed by atoms with E-state index in [0.717, 1.165) is 5.76 Å². The molecular weight excluding hydrogens is 278 g/mol. The Hall–Kier alpha value is -3.20. The lowest BCUT2D eigenvalue weighted by Gasteiger charge is -2.09. The summed E-state index contributed by atoms with van der Waals surface area (Å²) in [5, 5.41) is 12.5. The molecule has 0 fully saturated rings. The first kappa shape index (κ1) is 13.8. The second kappa shape index (κ2) is 6.50. The van der Waals surface area contributed by atoms with Crippen molar-refractivity contribution in [1.29, 1.82) is 5.26 Å². The maximum absolute atomic E-state index is 9.42. The lowest BCUT2D eigenvalue weighted by molar-refractivity contribution is 0.517. The molecule has 0 aromatic carbocycles. The molecule has 3 rings (SSSR count). The van der Waals surface area contributed by atoms with Crippen LogP contribution in [0.15, 0.2) is 59.5 Å². The van der Waals surface area contributed by atoms with Gasteiger partial charge in [0.25, 0.3) is 0 Å². The summed E-state index contributed by atoms with van der Waals surface area (Å²) in [4.78, 5) is 12.8.